The van der Waals surface area contributed by atoms with E-state index in [1.807, 2.05) is 37.3 Å². The monoisotopic (exact) mass is 678 g/mol. The van der Waals surface area contributed by atoms with Gasteiger partial charge in [-0.05, 0) is 88.8 Å². The maximum atomic E-state index is 14.0. The standard InChI is InChI=1S/C38H50N2O7S/c1-28-13-18-33(19-14-28)48(42,43)40-25-32(17-16-31(40)24-37(2,3)36(41)45-6)46-26-29-15-20-35-34(23-29)39(21-10-22-44-5)27-38(4,47-35)30-11-8-7-9-12-30/h7-9,11-15,18-20,23,31-32H,10,16-17,21-22,24-27H2,1-6H3/t31-,32+,38?/m0/s1. The van der Waals surface area contributed by atoms with Crippen LogP contribution in [0.1, 0.15) is 63.1 Å². The van der Waals surface area contributed by atoms with Crippen molar-refractivity contribution in [2.24, 2.45) is 5.41 Å². The van der Waals surface area contributed by atoms with Crippen molar-refractivity contribution < 1.29 is 32.2 Å². The molecule has 0 N–H and O–H groups in total. The van der Waals surface area contributed by atoms with E-state index in [0.29, 0.717) is 39.0 Å². The molecule has 1 unspecified atom stereocenters. The molecule has 2 aliphatic heterocycles. The zero-order valence-electron chi connectivity index (χ0n) is 29.1. The number of nitrogens with zero attached hydrogens (tertiary/aromatic N) is 2. The Balaban J connectivity index is 1.34. The molecule has 0 bridgehead atoms. The minimum Gasteiger partial charge on any atom is -0.479 e. The number of sulfonamides is 1. The van der Waals surface area contributed by atoms with E-state index in [1.165, 1.54) is 7.11 Å². The van der Waals surface area contributed by atoms with Crippen LogP contribution in [0, 0.1) is 12.3 Å². The summed E-state index contributed by atoms with van der Waals surface area (Å²) in [5.41, 5.74) is 2.75. The maximum absolute atomic E-state index is 14.0. The van der Waals surface area contributed by atoms with Crippen LogP contribution in [0.5, 0.6) is 5.75 Å². The molecule has 0 amide bonds. The van der Waals surface area contributed by atoms with Gasteiger partial charge in [0.05, 0.1) is 42.4 Å². The second kappa shape index (κ2) is 15.0. The van der Waals surface area contributed by atoms with Crippen LogP contribution >= 0.6 is 0 Å². The Morgan fingerprint density at radius 1 is 1.02 bits per heavy atom. The third-order valence-corrected chi connectivity index (χ3v) is 11.5. The van der Waals surface area contributed by atoms with E-state index in [-0.39, 0.29) is 29.6 Å². The average Bonchev–Trinajstić information content (AvgIpc) is 3.08. The number of anilines is 1. The quantitative estimate of drug-likeness (QED) is 0.150. The van der Waals surface area contributed by atoms with Crippen LogP contribution in [0.25, 0.3) is 0 Å². The normalized spacial score (nSPS) is 21.8. The molecule has 1 saturated heterocycles. The van der Waals surface area contributed by atoms with Gasteiger partial charge in [0.1, 0.15) is 11.4 Å². The number of benzene rings is 3. The second-order valence-corrected chi connectivity index (χ2v) is 15.8. The first-order chi connectivity index (χ1) is 22.9. The minimum atomic E-state index is -3.85. The fourth-order valence-corrected chi connectivity index (χ4v) is 8.54. The summed E-state index contributed by atoms with van der Waals surface area (Å²) in [4.78, 5) is 15.2. The number of hydrogen-bond acceptors (Lipinski definition) is 8. The number of carbonyl (C=O) groups excluding carboxylic acids is 1. The first-order valence-corrected chi connectivity index (χ1v) is 18.2. The van der Waals surface area contributed by atoms with Gasteiger partial charge in [-0.3, -0.25) is 4.79 Å². The van der Waals surface area contributed by atoms with Gasteiger partial charge in [-0.1, -0.05) is 54.1 Å². The third-order valence-electron chi connectivity index (χ3n) is 9.56. The fraction of sp³-hybridized carbons (Fsp3) is 0.500. The molecular weight excluding hydrogens is 628 g/mol. The highest BCUT2D eigenvalue weighted by molar-refractivity contribution is 7.89. The zero-order valence-corrected chi connectivity index (χ0v) is 29.9. The molecule has 0 aromatic heterocycles. The number of ether oxygens (including phenoxy) is 4. The molecular formula is C38H50N2O7S. The van der Waals surface area contributed by atoms with Crippen molar-refractivity contribution in [3.63, 3.8) is 0 Å². The highest BCUT2D eigenvalue weighted by Gasteiger charge is 2.42. The summed E-state index contributed by atoms with van der Waals surface area (Å²) in [5, 5.41) is 0. The predicted octanol–water partition coefficient (Wildman–Crippen LogP) is 6.47. The van der Waals surface area contributed by atoms with Crippen molar-refractivity contribution in [3.8, 4) is 5.75 Å². The summed E-state index contributed by atoms with van der Waals surface area (Å²) in [5.74, 6) is 0.461. The number of methoxy groups -OCH3 is 2. The van der Waals surface area contributed by atoms with Crippen molar-refractivity contribution in [1.82, 2.24) is 4.31 Å². The molecule has 2 heterocycles. The molecule has 3 atom stereocenters. The van der Waals surface area contributed by atoms with Crippen molar-refractivity contribution in [2.45, 2.75) is 82.6 Å². The maximum Gasteiger partial charge on any atom is 0.311 e. The number of esters is 1. The number of piperidine rings is 1. The molecule has 9 nitrogen and oxygen atoms in total. The van der Waals surface area contributed by atoms with E-state index in [2.05, 4.69) is 30.0 Å². The molecule has 0 spiro atoms. The summed E-state index contributed by atoms with van der Waals surface area (Å²) >= 11 is 0. The molecule has 0 radical (unpaired) electrons. The van der Waals surface area contributed by atoms with E-state index in [4.69, 9.17) is 18.9 Å². The van der Waals surface area contributed by atoms with Gasteiger partial charge in [-0.15, -0.1) is 0 Å². The first-order valence-electron chi connectivity index (χ1n) is 16.8. The Labute approximate surface area is 286 Å². The summed E-state index contributed by atoms with van der Waals surface area (Å²) in [6.45, 7) is 10.4. The number of carbonyl (C=O) groups is 1. The summed E-state index contributed by atoms with van der Waals surface area (Å²) in [6, 6.07) is 23.0. The number of aryl methyl sites for hydroxylation is 1. The molecule has 2 aliphatic rings. The van der Waals surface area contributed by atoms with Crippen LogP contribution in [0.3, 0.4) is 0 Å². The Morgan fingerprint density at radius 2 is 1.75 bits per heavy atom. The SMILES string of the molecule is COCCCN1CC(C)(c2ccccc2)Oc2ccc(CO[C@@H]3CC[C@@H](CC(C)(C)C(=O)OC)N(S(=O)(=O)c4ccc(C)cc4)C3)cc21. The van der Waals surface area contributed by atoms with Crippen molar-refractivity contribution in [2.75, 3.05) is 45.4 Å². The van der Waals surface area contributed by atoms with Crippen molar-refractivity contribution in [3.05, 3.63) is 89.5 Å². The van der Waals surface area contributed by atoms with Gasteiger partial charge < -0.3 is 23.8 Å². The highest BCUT2D eigenvalue weighted by Crippen LogP contribution is 2.42. The van der Waals surface area contributed by atoms with Gasteiger partial charge in [-0.25, -0.2) is 8.42 Å². The predicted molar refractivity (Wildman–Crippen MR) is 187 cm³/mol. The molecule has 260 valence electrons. The number of fused-ring (bicyclic) bond motifs is 1. The Morgan fingerprint density at radius 3 is 2.44 bits per heavy atom. The van der Waals surface area contributed by atoms with Crippen LogP contribution < -0.4 is 9.64 Å². The lowest BCUT2D eigenvalue weighted by Gasteiger charge is -2.43. The van der Waals surface area contributed by atoms with Gasteiger partial charge >= 0.3 is 5.97 Å². The van der Waals surface area contributed by atoms with E-state index < -0.39 is 21.0 Å². The van der Waals surface area contributed by atoms with Gasteiger partial charge in [0.25, 0.3) is 0 Å². The molecule has 0 saturated carbocycles. The second-order valence-electron chi connectivity index (χ2n) is 13.9. The third kappa shape index (κ3) is 8.05. The van der Waals surface area contributed by atoms with Crippen LogP contribution in [-0.2, 0) is 41.2 Å². The Hall–Kier alpha value is -3.44. The van der Waals surface area contributed by atoms with Crippen LogP contribution in [0.15, 0.2) is 77.7 Å². The van der Waals surface area contributed by atoms with E-state index in [9.17, 15) is 13.2 Å². The molecule has 3 aromatic rings. The lowest BCUT2D eigenvalue weighted by atomic mass is 9.83. The first kappa shape index (κ1) is 35.9. The molecule has 0 aliphatic carbocycles. The minimum absolute atomic E-state index is 0.199. The molecule has 10 heteroatoms. The van der Waals surface area contributed by atoms with Crippen molar-refractivity contribution in [1.29, 1.82) is 0 Å². The van der Waals surface area contributed by atoms with E-state index in [1.54, 1.807) is 49.5 Å². The molecule has 48 heavy (non-hydrogen) atoms. The fourth-order valence-electron chi connectivity index (χ4n) is 6.86. The van der Waals surface area contributed by atoms with Crippen LogP contribution in [-0.4, -0.2) is 71.3 Å². The summed E-state index contributed by atoms with van der Waals surface area (Å²) in [6.07, 6.45) is 2.16. The van der Waals surface area contributed by atoms with Crippen LogP contribution in [0.4, 0.5) is 5.69 Å². The van der Waals surface area contributed by atoms with E-state index >= 15 is 0 Å². The Bertz CT molecular complexity index is 1650. The smallest absolute Gasteiger partial charge is 0.311 e. The lowest BCUT2D eigenvalue weighted by Crippen LogP contribution is -2.51. The van der Waals surface area contributed by atoms with Gasteiger partial charge in [0, 0.05) is 32.8 Å². The van der Waals surface area contributed by atoms with Crippen LogP contribution in [0.2, 0.25) is 0 Å². The number of rotatable bonds is 13. The molecule has 5 rings (SSSR count). The highest BCUT2D eigenvalue weighted by atomic mass is 32.2. The number of hydrogen-bond donors (Lipinski definition) is 0. The average molecular weight is 679 g/mol. The molecule has 1 fully saturated rings. The lowest BCUT2D eigenvalue weighted by molar-refractivity contribution is -0.152. The molecule has 3 aromatic carbocycles. The summed E-state index contributed by atoms with van der Waals surface area (Å²) in [7, 11) is -0.761. The van der Waals surface area contributed by atoms with Gasteiger partial charge in [0.15, 0.2) is 0 Å². The van der Waals surface area contributed by atoms with Gasteiger partial charge in [0.2, 0.25) is 10.0 Å². The van der Waals surface area contributed by atoms with Gasteiger partial charge in [-0.2, -0.15) is 4.31 Å². The zero-order chi connectivity index (χ0) is 34.5. The summed E-state index contributed by atoms with van der Waals surface area (Å²) < 4.78 is 53.1. The Kier molecular flexibility index (Phi) is 11.2. The largest absolute Gasteiger partial charge is 0.479 e. The van der Waals surface area contributed by atoms with Crippen molar-refractivity contribution >= 4 is 21.7 Å². The van der Waals surface area contributed by atoms with E-state index in [0.717, 1.165) is 41.1 Å². The topological polar surface area (TPSA) is 94.6 Å².